The molecule has 2 atom stereocenters. The summed E-state index contributed by atoms with van der Waals surface area (Å²) in [4.78, 5) is 41.9. The normalized spacial score (nSPS) is 17.9. The molecule has 2 aromatic carbocycles. The third-order valence-corrected chi connectivity index (χ3v) is 8.36. The zero-order valence-electron chi connectivity index (χ0n) is 23.6. The third-order valence-electron chi connectivity index (χ3n) is 7.36. The number of likely N-dealkylation sites (tertiary alicyclic amines) is 1. The number of nitrogens with one attached hydrogen (secondary N) is 3. The van der Waals surface area contributed by atoms with Crippen molar-refractivity contribution in [1.29, 1.82) is 5.41 Å². The number of carbonyl (C=O) groups is 3. The van der Waals surface area contributed by atoms with E-state index in [1.807, 2.05) is 60.7 Å². The van der Waals surface area contributed by atoms with Crippen LogP contribution in [0.2, 0.25) is 0 Å². The number of hydrogen-bond donors (Lipinski definition) is 4. The van der Waals surface area contributed by atoms with Gasteiger partial charge in [-0.2, -0.15) is 0 Å². The Balaban J connectivity index is 1.23. The molecule has 12 heteroatoms. The van der Waals surface area contributed by atoms with Gasteiger partial charge in [-0.25, -0.2) is 0 Å². The predicted molar refractivity (Wildman–Crippen MR) is 161 cm³/mol. The van der Waals surface area contributed by atoms with Crippen LogP contribution >= 0.6 is 11.3 Å². The summed E-state index contributed by atoms with van der Waals surface area (Å²) in [5.41, 5.74) is 7.10. The van der Waals surface area contributed by atoms with Crippen molar-refractivity contribution >= 4 is 34.9 Å². The van der Waals surface area contributed by atoms with Gasteiger partial charge >= 0.3 is 0 Å². The molecule has 2 aliphatic heterocycles. The number of nitrogen functional groups attached to an aromatic ring is 1. The molecule has 11 nitrogen and oxygen atoms in total. The monoisotopic (exact) mass is 605 g/mol. The summed E-state index contributed by atoms with van der Waals surface area (Å²) < 4.78 is 17.3. The second-order valence-corrected chi connectivity index (χ2v) is 11.3. The Morgan fingerprint density at radius 1 is 1.09 bits per heavy atom. The maximum Gasteiger partial charge on any atom is 0.243 e. The molecule has 1 spiro atoms. The number of rotatable bonds is 12. The standard InChI is InChI=1S/C31H35N5O6S/c32-29(33)22-16-25(43-19-22)28(21-8-3-1-4-9-21)35-30(39)24-17-31(41-14-15-42-31)20-36(24)27(38)18-34-26(37)12-7-13-40-23-10-5-2-6-11-23/h1-6,8-11,16,19,24,28H,7,12-15,17-18,20H2,(H3,32,33)(H,34,37)(H,35,39)/t24?,28-/m1/s1. The largest absolute Gasteiger partial charge is 0.494 e. The number of amidine groups is 1. The Labute approximate surface area is 253 Å². The smallest absolute Gasteiger partial charge is 0.243 e. The van der Waals surface area contributed by atoms with Crippen LogP contribution in [-0.4, -0.2) is 73.2 Å². The van der Waals surface area contributed by atoms with Crippen molar-refractivity contribution in [3.8, 4) is 5.75 Å². The quantitative estimate of drug-likeness (QED) is 0.140. The van der Waals surface area contributed by atoms with Crippen LogP contribution < -0.4 is 21.1 Å². The first-order chi connectivity index (χ1) is 20.8. The van der Waals surface area contributed by atoms with Gasteiger partial charge in [-0.3, -0.25) is 19.8 Å². The van der Waals surface area contributed by atoms with Crippen LogP contribution in [0.3, 0.4) is 0 Å². The van der Waals surface area contributed by atoms with E-state index in [2.05, 4.69) is 10.6 Å². The predicted octanol–water partition coefficient (Wildman–Crippen LogP) is 2.56. The Morgan fingerprint density at radius 2 is 1.79 bits per heavy atom. The van der Waals surface area contributed by atoms with Gasteiger partial charge < -0.3 is 35.5 Å². The summed E-state index contributed by atoms with van der Waals surface area (Å²) in [5, 5.41) is 15.3. The van der Waals surface area contributed by atoms with Crippen LogP contribution in [0, 0.1) is 5.41 Å². The van der Waals surface area contributed by atoms with Crippen molar-refractivity contribution in [2.75, 3.05) is 32.9 Å². The maximum atomic E-state index is 13.8. The molecule has 0 bridgehead atoms. The van der Waals surface area contributed by atoms with Gasteiger partial charge in [-0.05, 0) is 30.2 Å². The number of nitrogens with two attached hydrogens (primary N) is 1. The first-order valence-corrected chi connectivity index (χ1v) is 15.0. The molecule has 43 heavy (non-hydrogen) atoms. The lowest BCUT2D eigenvalue weighted by atomic mass is 10.0. The van der Waals surface area contributed by atoms with E-state index in [4.69, 9.17) is 25.4 Å². The molecular formula is C31H35N5O6S. The molecular weight excluding hydrogens is 570 g/mol. The van der Waals surface area contributed by atoms with Crippen LogP contribution in [0.25, 0.3) is 0 Å². The summed E-state index contributed by atoms with van der Waals surface area (Å²) in [6.07, 6.45) is 0.853. The van der Waals surface area contributed by atoms with Gasteiger partial charge in [0.1, 0.15) is 17.6 Å². The van der Waals surface area contributed by atoms with Crippen molar-refractivity contribution < 1.29 is 28.6 Å². The molecule has 3 heterocycles. The van der Waals surface area contributed by atoms with Crippen molar-refractivity contribution in [2.24, 2.45) is 5.73 Å². The number of hydrogen-bond acceptors (Lipinski definition) is 8. The Morgan fingerprint density at radius 3 is 2.47 bits per heavy atom. The first kappa shape index (κ1) is 30.2. The number of carbonyl (C=O) groups excluding carboxylic acids is 3. The molecule has 5 rings (SSSR count). The van der Waals surface area contributed by atoms with Crippen LogP contribution in [0.1, 0.15) is 41.3 Å². The van der Waals surface area contributed by atoms with E-state index >= 15 is 0 Å². The van der Waals surface area contributed by atoms with Gasteiger partial charge in [0.15, 0.2) is 5.79 Å². The molecule has 5 N–H and O–H groups in total. The van der Waals surface area contributed by atoms with E-state index in [-0.39, 0.29) is 43.6 Å². The Hall–Kier alpha value is -4.26. The minimum Gasteiger partial charge on any atom is -0.494 e. The van der Waals surface area contributed by atoms with Gasteiger partial charge in [-0.1, -0.05) is 48.5 Å². The van der Waals surface area contributed by atoms with Crippen molar-refractivity contribution in [2.45, 2.75) is 37.1 Å². The average Bonchev–Trinajstić information content (AvgIpc) is 3.79. The lowest BCUT2D eigenvalue weighted by Gasteiger charge is -2.26. The molecule has 226 valence electrons. The van der Waals surface area contributed by atoms with Crippen molar-refractivity contribution in [3.63, 3.8) is 0 Å². The molecule has 0 aliphatic carbocycles. The summed E-state index contributed by atoms with van der Waals surface area (Å²) in [7, 11) is 0. The molecule has 2 saturated heterocycles. The summed E-state index contributed by atoms with van der Waals surface area (Å²) in [6.45, 7) is 0.931. The topological polar surface area (TPSA) is 156 Å². The summed E-state index contributed by atoms with van der Waals surface area (Å²) in [5.74, 6) is -1.46. The molecule has 0 radical (unpaired) electrons. The lowest BCUT2D eigenvalue weighted by Crippen LogP contribution is -2.49. The lowest BCUT2D eigenvalue weighted by molar-refractivity contribution is -0.152. The third kappa shape index (κ3) is 7.58. The number of para-hydroxylation sites is 1. The minimum atomic E-state index is -1.07. The number of benzene rings is 2. The zero-order valence-corrected chi connectivity index (χ0v) is 24.4. The summed E-state index contributed by atoms with van der Waals surface area (Å²) >= 11 is 1.39. The summed E-state index contributed by atoms with van der Waals surface area (Å²) in [6, 6.07) is 19.2. The van der Waals surface area contributed by atoms with Gasteiger partial charge in [0.2, 0.25) is 17.7 Å². The van der Waals surface area contributed by atoms with Gasteiger partial charge in [0.25, 0.3) is 0 Å². The second kappa shape index (κ2) is 13.8. The van der Waals surface area contributed by atoms with E-state index in [0.717, 1.165) is 16.2 Å². The van der Waals surface area contributed by atoms with Crippen molar-refractivity contribution in [1.82, 2.24) is 15.5 Å². The van der Waals surface area contributed by atoms with Crippen LogP contribution in [0.5, 0.6) is 5.75 Å². The number of ether oxygens (including phenoxy) is 3. The molecule has 0 saturated carbocycles. The molecule has 1 unspecified atom stereocenters. The maximum absolute atomic E-state index is 13.8. The molecule has 2 aliphatic rings. The fourth-order valence-corrected chi connectivity index (χ4v) is 6.18. The fourth-order valence-electron chi connectivity index (χ4n) is 5.19. The van der Waals surface area contributed by atoms with Gasteiger partial charge in [0, 0.05) is 28.7 Å². The average molecular weight is 606 g/mol. The molecule has 2 fully saturated rings. The SMILES string of the molecule is N=C(N)c1csc([C@H](NC(=O)C2CC3(CN2C(=O)CNC(=O)CCCOc2ccccc2)OCCO3)c2ccccc2)c1. The van der Waals surface area contributed by atoms with Gasteiger partial charge in [0.05, 0.1) is 39.0 Å². The molecule has 3 amide bonds. The first-order valence-electron chi connectivity index (χ1n) is 14.1. The minimum absolute atomic E-state index is 0.0588. The van der Waals surface area contributed by atoms with E-state index < -0.39 is 23.8 Å². The van der Waals surface area contributed by atoms with Crippen LogP contribution in [0.4, 0.5) is 0 Å². The molecule has 3 aromatic rings. The highest BCUT2D eigenvalue weighted by atomic mass is 32.1. The Kier molecular flexibility index (Phi) is 9.70. The zero-order chi connectivity index (χ0) is 30.2. The van der Waals surface area contributed by atoms with Gasteiger partial charge in [-0.15, -0.1) is 11.3 Å². The van der Waals surface area contributed by atoms with E-state index in [1.165, 1.54) is 16.2 Å². The Bertz CT molecular complexity index is 1430. The van der Waals surface area contributed by atoms with E-state index in [0.29, 0.717) is 31.8 Å². The second-order valence-electron chi connectivity index (χ2n) is 10.4. The number of nitrogens with zero attached hydrogens (tertiary/aromatic N) is 1. The fraction of sp³-hybridized carbons (Fsp3) is 0.355. The highest BCUT2D eigenvalue weighted by Crippen LogP contribution is 2.36. The number of thiophene rings is 1. The highest BCUT2D eigenvalue weighted by Gasteiger charge is 2.52. The van der Waals surface area contributed by atoms with Crippen LogP contribution in [-0.2, 0) is 23.9 Å². The van der Waals surface area contributed by atoms with Crippen LogP contribution in [0.15, 0.2) is 72.1 Å². The van der Waals surface area contributed by atoms with E-state index in [9.17, 15) is 14.4 Å². The molecule has 1 aromatic heterocycles. The van der Waals surface area contributed by atoms with Crippen molar-refractivity contribution in [3.05, 3.63) is 88.1 Å². The number of amides is 3. The van der Waals surface area contributed by atoms with E-state index in [1.54, 1.807) is 11.4 Å². The highest BCUT2D eigenvalue weighted by molar-refractivity contribution is 7.10.